The van der Waals surface area contributed by atoms with Crippen LogP contribution in [0.25, 0.3) is 10.6 Å². The molecule has 0 bridgehead atoms. The molecule has 0 radical (unpaired) electrons. The van der Waals surface area contributed by atoms with Crippen molar-refractivity contribution in [2.75, 3.05) is 26.2 Å². The summed E-state index contributed by atoms with van der Waals surface area (Å²) in [4.78, 5) is 35.3. The van der Waals surface area contributed by atoms with E-state index in [1.807, 2.05) is 16.7 Å². The zero-order valence-electron chi connectivity index (χ0n) is 19.1. The third-order valence-electron chi connectivity index (χ3n) is 7.10. The van der Waals surface area contributed by atoms with Gasteiger partial charge >= 0.3 is 0 Å². The lowest BCUT2D eigenvalue weighted by Crippen LogP contribution is -2.45. The van der Waals surface area contributed by atoms with E-state index in [0.29, 0.717) is 35.5 Å². The predicted molar refractivity (Wildman–Crippen MR) is 125 cm³/mol. The summed E-state index contributed by atoms with van der Waals surface area (Å²) in [5.74, 6) is 1.05. The molecule has 2 saturated heterocycles. The Labute approximate surface area is 193 Å². The molecule has 1 aromatic carbocycles. The number of likely N-dealkylation sites (tertiary alicyclic amines) is 2. The number of amides is 2. The second-order valence-electron chi connectivity index (χ2n) is 9.37. The molecule has 172 valence electrons. The van der Waals surface area contributed by atoms with Crippen LogP contribution in [-0.2, 0) is 4.79 Å². The van der Waals surface area contributed by atoms with Crippen molar-refractivity contribution in [2.24, 2.45) is 17.8 Å². The fraction of sp³-hybridized carbons (Fsp3) is 0.560. The zero-order chi connectivity index (χ0) is 22.8. The van der Waals surface area contributed by atoms with Crippen molar-refractivity contribution in [1.82, 2.24) is 14.8 Å². The molecule has 2 aliphatic rings. The van der Waals surface area contributed by atoms with Crippen molar-refractivity contribution in [3.63, 3.8) is 0 Å². The van der Waals surface area contributed by atoms with Gasteiger partial charge in [-0.25, -0.2) is 9.37 Å². The molecule has 0 saturated carbocycles. The molecule has 0 unspecified atom stereocenters. The van der Waals surface area contributed by atoms with Crippen LogP contribution in [0.1, 0.15) is 54.9 Å². The molecular weight excluding hydrogens is 425 g/mol. The van der Waals surface area contributed by atoms with Crippen LogP contribution in [0.15, 0.2) is 24.3 Å². The Bertz CT molecular complexity index is 958. The molecule has 7 heteroatoms. The molecule has 1 atom stereocenters. The minimum absolute atomic E-state index is 0.0100. The first kappa shape index (κ1) is 22.9. The first-order valence-corrected chi connectivity index (χ1v) is 12.5. The second-order valence-corrected chi connectivity index (χ2v) is 10.4. The summed E-state index contributed by atoms with van der Waals surface area (Å²) in [6, 6.07) is 6.19. The lowest BCUT2D eigenvalue weighted by molar-refractivity contribution is -0.138. The van der Waals surface area contributed by atoms with Gasteiger partial charge in [0.2, 0.25) is 5.91 Å². The van der Waals surface area contributed by atoms with Gasteiger partial charge in [-0.3, -0.25) is 9.59 Å². The minimum Gasteiger partial charge on any atom is -0.342 e. The number of carbonyl (C=O) groups is 2. The zero-order valence-corrected chi connectivity index (χ0v) is 20.0. The number of halogens is 1. The largest absolute Gasteiger partial charge is 0.342 e. The average Bonchev–Trinajstić information content (AvgIpc) is 3.20. The van der Waals surface area contributed by atoms with E-state index in [2.05, 4.69) is 18.8 Å². The SMILES string of the molecule is Cc1nc(-c2ccc(F)cc2)sc1C(=O)N1CCC([C@@H](C)C(=O)N2CCC(C)CC2)CC1. The number of benzene rings is 1. The fourth-order valence-corrected chi connectivity index (χ4v) is 5.82. The number of rotatable bonds is 4. The van der Waals surface area contributed by atoms with Crippen LogP contribution in [0.5, 0.6) is 0 Å². The first-order valence-electron chi connectivity index (χ1n) is 11.6. The predicted octanol–water partition coefficient (Wildman–Crippen LogP) is 5.00. The van der Waals surface area contributed by atoms with E-state index in [9.17, 15) is 14.0 Å². The quantitative estimate of drug-likeness (QED) is 0.649. The molecule has 2 aliphatic heterocycles. The van der Waals surface area contributed by atoms with Gasteiger partial charge in [-0.05, 0) is 68.7 Å². The first-order chi connectivity index (χ1) is 15.3. The summed E-state index contributed by atoms with van der Waals surface area (Å²) in [6.45, 7) is 9.26. The number of piperidine rings is 2. The van der Waals surface area contributed by atoms with Gasteiger partial charge in [0, 0.05) is 37.7 Å². The average molecular weight is 458 g/mol. The summed E-state index contributed by atoms with van der Waals surface area (Å²) in [5, 5.41) is 0.732. The Balaban J connectivity index is 1.35. The highest BCUT2D eigenvalue weighted by Crippen LogP contribution is 2.32. The molecule has 4 rings (SSSR count). The molecule has 1 aromatic heterocycles. The molecule has 32 heavy (non-hydrogen) atoms. The van der Waals surface area contributed by atoms with Gasteiger partial charge < -0.3 is 9.80 Å². The molecule has 0 spiro atoms. The Kier molecular flexibility index (Phi) is 6.93. The van der Waals surface area contributed by atoms with Crippen molar-refractivity contribution < 1.29 is 14.0 Å². The number of thiazole rings is 1. The number of carbonyl (C=O) groups excluding carboxylic acids is 2. The normalized spacial score (nSPS) is 19.2. The van der Waals surface area contributed by atoms with Gasteiger partial charge in [0.25, 0.3) is 5.91 Å². The standard InChI is InChI=1S/C25H32FN3O2S/c1-16-8-12-28(13-9-16)24(30)17(2)19-10-14-29(15-11-19)25(31)22-18(3)27-23(32-22)20-4-6-21(26)7-5-20/h4-7,16-17,19H,8-15H2,1-3H3/t17-/m1/s1. The van der Waals surface area contributed by atoms with E-state index in [4.69, 9.17) is 0 Å². The molecule has 5 nitrogen and oxygen atoms in total. The topological polar surface area (TPSA) is 53.5 Å². The van der Waals surface area contributed by atoms with E-state index in [-0.39, 0.29) is 23.5 Å². The lowest BCUT2D eigenvalue weighted by atomic mass is 9.84. The summed E-state index contributed by atoms with van der Waals surface area (Å²) in [6.07, 6.45) is 3.90. The van der Waals surface area contributed by atoms with Gasteiger partial charge in [0.1, 0.15) is 15.7 Å². The number of aromatic nitrogens is 1. The van der Waals surface area contributed by atoms with E-state index in [1.165, 1.54) is 23.5 Å². The van der Waals surface area contributed by atoms with Gasteiger partial charge in [-0.2, -0.15) is 0 Å². The second kappa shape index (κ2) is 9.69. The van der Waals surface area contributed by atoms with Crippen LogP contribution in [-0.4, -0.2) is 52.8 Å². The number of nitrogens with zero attached hydrogens (tertiary/aromatic N) is 3. The maximum atomic E-state index is 13.2. The van der Waals surface area contributed by atoms with Crippen LogP contribution in [0.4, 0.5) is 4.39 Å². The van der Waals surface area contributed by atoms with Crippen molar-refractivity contribution in [1.29, 1.82) is 0 Å². The summed E-state index contributed by atoms with van der Waals surface area (Å²) in [7, 11) is 0. The fourth-order valence-electron chi connectivity index (χ4n) is 4.78. The lowest BCUT2D eigenvalue weighted by Gasteiger charge is -2.37. The highest BCUT2D eigenvalue weighted by molar-refractivity contribution is 7.17. The van der Waals surface area contributed by atoms with E-state index < -0.39 is 0 Å². The third-order valence-corrected chi connectivity index (χ3v) is 8.30. The molecule has 2 fully saturated rings. The van der Waals surface area contributed by atoms with E-state index in [1.54, 1.807) is 12.1 Å². The Morgan fingerprint density at radius 3 is 2.25 bits per heavy atom. The monoisotopic (exact) mass is 457 g/mol. The van der Waals surface area contributed by atoms with Crippen LogP contribution in [0, 0.1) is 30.5 Å². The molecule has 3 heterocycles. The van der Waals surface area contributed by atoms with E-state index in [0.717, 1.165) is 49.3 Å². The highest BCUT2D eigenvalue weighted by atomic mass is 32.1. The Morgan fingerprint density at radius 1 is 1.03 bits per heavy atom. The minimum atomic E-state index is -0.288. The Morgan fingerprint density at radius 2 is 1.62 bits per heavy atom. The van der Waals surface area contributed by atoms with Crippen LogP contribution >= 0.6 is 11.3 Å². The van der Waals surface area contributed by atoms with Crippen molar-refractivity contribution in [3.05, 3.63) is 40.7 Å². The van der Waals surface area contributed by atoms with Gasteiger partial charge in [-0.1, -0.05) is 13.8 Å². The van der Waals surface area contributed by atoms with Crippen molar-refractivity contribution in [2.45, 2.75) is 46.5 Å². The van der Waals surface area contributed by atoms with Crippen molar-refractivity contribution >= 4 is 23.2 Å². The van der Waals surface area contributed by atoms with Crippen LogP contribution in [0.3, 0.4) is 0 Å². The molecular formula is C25H32FN3O2S. The summed E-state index contributed by atoms with van der Waals surface area (Å²) >= 11 is 1.37. The maximum absolute atomic E-state index is 13.2. The van der Waals surface area contributed by atoms with Crippen LogP contribution in [0.2, 0.25) is 0 Å². The molecule has 2 aromatic rings. The highest BCUT2D eigenvalue weighted by Gasteiger charge is 2.34. The molecule has 0 aliphatic carbocycles. The summed E-state index contributed by atoms with van der Waals surface area (Å²) in [5.41, 5.74) is 1.53. The Hall–Kier alpha value is -2.28. The number of aryl methyl sites for hydroxylation is 1. The van der Waals surface area contributed by atoms with Crippen molar-refractivity contribution in [3.8, 4) is 10.6 Å². The van der Waals surface area contributed by atoms with Crippen LogP contribution < -0.4 is 0 Å². The van der Waals surface area contributed by atoms with Gasteiger partial charge in [0.15, 0.2) is 0 Å². The third kappa shape index (κ3) is 4.87. The smallest absolute Gasteiger partial charge is 0.265 e. The number of hydrogen-bond acceptors (Lipinski definition) is 4. The molecule has 0 N–H and O–H groups in total. The van der Waals surface area contributed by atoms with E-state index >= 15 is 0 Å². The molecule has 2 amide bonds. The number of hydrogen-bond donors (Lipinski definition) is 0. The maximum Gasteiger partial charge on any atom is 0.265 e. The van der Waals surface area contributed by atoms with Gasteiger partial charge in [0.05, 0.1) is 5.69 Å². The van der Waals surface area contributed by atoms with Gasteiger partial charge in [-0.15, -0.1) is 11.3 Å². The summed E-state index contributed by atoms with van der Waals surface area (Å²) < 4.78 is 13.2.